The molecule has 0 unspecified atom stereocenters. The van der Waals surface area contributed by atoms with E-state index in [4.69, 9.17) is 9.52 Å². The largest absolute Gasteiger partial charge is 0.475 e. The Labute approximate surface area is 97.2 Å². The average Bonchev–Trinajstić information content (AvgIpc) is 2.61. The quantitative estimate of drug-likeness (QED) is 0.649. The number of benzene rings is 1. The summed E-state index contributed by atoms with van der Waals surface area (Å²) in [5.74, 6) is -1.76. The van der Waals surface area contributed by atoms with Crippen LogP contribution in [0.5, 0.6) is 0 Å². The number of carbonyl (C=O) groups excluding carboxylic acids is 1. The number of carbonyl (C=O) groups is 2. The highest BCUT2D eigenvalue weighted by atomic mass is 16.4. The van der Waals surface area contributed by atoms with Crippen molar-refractivity contribution >= 4 is 28.8 Å². The molecule has 0 bridgehead atoms. The van der Waals surface area contributed by atoms with Crippen LogP contribution in [0.15, 0.2) is 34.8 Å². The minimum atomic E-state index is -1.47. The molecular weight excluding hydrogens is 220 g/mol. The van der Waals surface area contributed by atoms with E-state index in [9.17, 15) is 9.59 Å². The summed E-state index contributed by atoms with van der Waals surface area (Å²) in [5.41, 5.74) is 1.45. The molecule has 0 amide bonds. The molecule has 17 heavy (non-hydrogen) atoms. The molecule has 0 saturated heterocycles. The van der Waals surface area contributed by atoms with Gasteiger partial charge < -0.3 is 9.52 Å². The van der Waals surface area contributed by atoms with E-state index in [2.05, 4.69) is 0 Å². The molecule has 0 aliphatic heterocycles. The van der Waals surface area contributed by atoms with Crippen molar-refractivity contribution in [3.8, 4) is 0 Å². The molecular formula is C13H10O4. The van der Waals surface area contributed by atoms with Crippen LogP contribution in [0.2, 0.25) is 0 Å². The van der Waals surface area contributed by atoms with Crippen LogP contribution >= 0.6 is 0 Å². The summed E-state index contributed by atoms with van der Waals surface area (Å²) in [6, 6.07) is 7.38. The van der Waals surface area contributed by atoms with E-state index >= 15 is 0 Å². The van der Waals surface area contributed by atoms with Crippen LogP contribution in [-0.4, -0.2) is 16.9 Å². The highest BCUT2D eigenvalue weighted by molar-refractivity contribution is 6.38. The first-order valence-corrected chi connectivity index (χ1v) is 5.03. The Bertz CT molecular complexity index is 619. The molecule has 0 spiro atoms. The number of aryl methyl sites for hydroxylation is 1. The van der Waals surface area contributed by atoms with Crippen LogP contribution in [0.3, 0.4) is 0 Å². The van der Waals surface area contributed by atoms with Gasteiger partial charge in [0, 0.05) is 10.9 Å². The zero-order chi connectivity index (χ0) is 12.4. The molecule has 1 heterocycles. The number of para-hydroxylation sites is 1. The normalized spacial score (nSPS) is 11.1. The van der Waals surface area contributed by atoms with Gasteiger partial charge in [0.1, 0.15) is 11.3 Å². The Morgan fingerprint density at radius 1 is 1.29 bits per heavy atom. The first-order valence-electron chi connectivity index (χ1n) is 5.03. The maximum atomic E-state index is 11.0. The fraction of sp³-hybridized carbons (Fsp3) is 0.0769. The lowest BCUT2D eigenvalue weighted by Gasteiger charge is -1.90. The lowest BCUT2D eigenvalue weighted by Crippen LogP contribution is -2.08. The monoisotopic (exact) mass is 230 g/mol. The maximum Gasteiger partial charge on any atom is 0.376 e. The van der Waals surface area contributed by atoms with Crippen molar-refractivity contribution in [1.82, 2.24) is 0 Å². The standard InChI is InChI=1S/C13H10O4/c1-8-9(6-7-11(14)13(15)16)10-4-2-3-5-12(10)17-8/h2-7H,1H3,(H,15,16)/b7-6+. The molecule has 1 aromatic carbocycles. The number of hydrogen-bond donors (Lipinski definition) is 1. The third-order valence-electron chi connectivity index (χ3n) is 2.43. The van der Waals surface area contributed by atoms with Gasteiger partial charge in [-0.2, -0.15) is 0 Å². The van der Waals surface area contributed by atoms with E-state index in [1.165, 1.54) is 6.08 Å². The van der Waals surface area contributed by atoms with Gasteiger partial charge >= 0.3 is 5.97 Å². The molecule has 86 valence electrons. The molecule has 4 nitrogen and oxygen atoms in total. The Balaban J connectivity index is 2.45. The number of carboxylic acids is 1. The van der Waals surface area contributed by atoms with Gasteiger partial charge in [0.05, 0.1) is 0 Å². The highest BCUT2D eigenvalue weighted by Crippen LogP contribution is 2.26. The lowest BCUT2D eigenvalue weighted by molar-refractivity contribution is -0.146. The minimum Gasteiger partial charge on any atom is -0.475 e. The Morgan fingerprint density at radius 3 is 2.71 bits per heavy atom. The Morgan fingerprint density at radius 2 is 2.00 bits per heavy atom. The van der Waals surface area contributed by atoms with Crippen LogP contribution in [0, 0.1) is 6.92 Å². The summed E-state index contributed by atoms with van der Waals surface area (Å²) in [4.78, 5) is 21.4. The molecule has 0 atom stereocenters. The molecule has 1 N–H and O–H groups in total. The average molecular weight is 230 g/mol. The molecule has 0 aliphatic rings. The first kappa shape index (κ1) is 11.1. The fourth-order valence-corrected chi connectivity index (χ4v) is 1.63. The van der Waals surface area contributed by atoms with E-state index in [1.807, 2.05) is 24.3 Å². The van der Waals surface area contributed by atoms with Crippen LogP contribution in [0.4, 0.5) is 0 Å². The molecule has 4 heteroatoms. The van der Waals surface area contributed by atoms with Gasteiger partial charge in [0.15, 0.2) is 0 Å². The van der Waals surface area contributed by atoms with Gasteiger partial charge in [-0.25, -0.2) is 4.79 Å². The second kappa shape index (κ2) is 4.25. The number of fused-ring (bicyclic) bond motifs is 1. The van der Waals surface area contributed by atoms with E-state index in [1.54, 1.807) is 6.92 Å². The van der Waals surface area contributed by atoms with E-state index < -0.39 is 11.8 Å². The topological polar surface area (TPSA) is 67.5 Å². The predicted octanol–water partition coefficient (Wildman–Crippen LogP) is 2.41. The van der Waals surface area contributed by atoms with Crippen LogP contribution in [0.1, 0.15) is 11.3 Å². The Hall–Kier alpha value is -2.36. The predicted molar refractivity (Wildman–Crippen MR) is 62.6 cm³/mol. The molecule has 0 fully saturated rings. The van der Waals surface area contributed by atoms with Crippen molar-refractivity contribution < 1.29 is 19.1 Å². The van der Waals surface area contributed by atoms with E-state index in [0.717, 1.165) is 17.0 Å². The maximum absolute atomic E-state index is 11.0. The number of rotatable bonds is 3. The summed E-state index contributed by atoms with van der Waals surface area (Å²) in [6.07, 6.45) is 2.50. The first-order chi connectivity index (χ1) is 8.09. The van der Waals surface area contributed by atoms with E-state index in [-0.39, 0.29) is 0 Å². The molecule has 0 radical (unpaired) electrons. The van der Waals surface area contributed by atoms with Gasteiger partial charge in [-0.15, -0.1) is 0 Å². The third kappa shape index (κ3) is 2.10. The zero-order valence-electron chi connectivity index (χ0n) is 9.14. The summed E-state index contributed by atoms with van der Waals surface area (Å²) < 4.78 is 5.48. The van der Waals surface area contributed by atoms with Crippen molar-refractivity contribution in [2.75, 3.05) is 0 Å². The van der Waals surface area contributed by atoms with Gasteiger partial charge in [0.25, 0.3) is 5.78 Å². The van der Waals surface area contributed by atoms with Gasteiger partial charge in [-0.05, 0) is 25.1 Å². The van der Waals surface area contributed by atoms with Crippen molar-refractivity contribution in [2.24, 2.45) is 0 Å². The SMILES string of the molecule is Cc1oc2ccccc2c1/C=C/C(=O)C(=O)O. The van der Waals surface area contributed by atoms with Crippen molar-refractivity contribution in [1.29, 1.82) is 0 Å². The van der Waals surface area contributed by atoms with Gasteiger partial charge in [-0.3, -0.25) is 4.79 Å². The van der Waals surface area contributed by atoms with Crippen molar-refractivity contribution in [3.63, 3.8) is 0 Å². The molecule has 2 aromatic rings. The van der Waals surface area contributed by atoms with Crippen molar-refractivity contribution in [3.05, 3.63) is 41.7 Å². The Kier molecular flexibility index (Phi) is 2.78. The fourth-order valence-electron chi connectivity index (χ4n) is 1.63. The third-order valence-corrected chi connectivity index (χ3v) is 2.43. The summed E-state index contributed by atoms with van der Waals surface area (Å²) in [6.45, 7) is 1.77. The lowest BCUT2D eigenvalue weighted by atomic mass is 10.1. The molecule has 2 rings (SSSR count). The zero-order valence-corrected chi connectivity index (χ0v) is 9.14. The molecule has 1 aromatic heterocycles. The summed E-state index contributed by atoms with van der Waals surface area (Å²) in [5, 5.41) is 9.33. The summed E-state index contributed by atoms with van der Waals surface area (Å²) in [7, 11) is 0. The molecule has 0 saturated carbocycles. The minimum absolute atomic E-state index is 0.653. The van der Waals surface area contributed by atoms with Crippen LogP contribution in [-0.2, 0) is 9.59 Å². The van der Waals surface area contributed by atoms with Crippen molar-refractivity contribution in [2.45, 2.75) is 6.92 Å². The van der Waals surface area contributed by atoms with Crippen LogP contribution in [0.25, 0.3) is 17.0 Å². The number of ketones is 1. The smallest absolute Gasteiger partial charge is 0.376 e. The van der Waals surface area contributed by atoms with Gasteiger partial charge in [0.2, 0.25) is 0 Å². The van der Waals surface area contributed by atoms with E-state index in [0.29, 0.717) is 11.3 Å². The number of furan rings is 1. The number of hydrogen-bond acceptors (Lipinski definition) is 3. The second-order valence-electron chi connectivity index (χ2n) is 3.57. The second-order valence-corrected chi connectivity index (χ2v) is 3.57. The van der Waals surface area contributed by atoms with Gasteiger partial charge in [-0.1, -0.05) is 18.2 Å². The molecule has 0 aliphatic carbocycles. The number of carboxylic acid groups (broad SMARTS) is 1. The highest BCUT2D eigenvalue weighted by Gasteiger charge is 2.10. The van der Waals surface area contributed by atoms with Crippen LogP contribution < -0.4 is 0 Å². The summed E-state index contributed by atoms with van der Waals surface area (Å²) >= 11 is 0. The number of aliphatic carboxylic acids is 1.